The van der Waals surface area contributed by atoms with Crippen LogP contribution in [-0.2, 0) is 9.53 Å². The lowest BCUT2D eigenvalue weighted by molar-refractivity contribution is -0.142. The molecule has 0 heterocycles. The first-order chi connectivity index (χ1) is 8.95. The molecule has 0 spiro atoms. The van der Waals surface area contributed by atoms with E-state index >= 15 is 0 Å². The molecule has 0 bridgehead atoms. The summed E-state index contributed by atoms with van der Waals surface area (Å²) in [5.41, 5.74) is 6.05. The zero-order chi connectivity index (χ0) is 14.4. The first-order valence-corrected chi connectivity index (χ1v) is 5.95. The van der Waals surface area contributed by atoms with Crippen LogP contribution in [0, 0.1) is 12.7 Å². The number of carbonyl (C=O) groups excluding carboxylic acids is 2. The van der Waals surface area contributed by atoms with Crippen molar-refractivity contribution in [3.63, 3.8) is 0 Å². The zero-order valence-electron chi connectivity index (χ0n) is 11.0. The molecule has 19 heavy (non-hydrogen) atoms. The van der Waals surface area contributed by atoms with E-state index in [1.165, 1.54) is 19.1 Å². The van der Waals surface area contributed by atoms with Crippen molar-refractivity contribution in [1.82, 2.24) is 5.32 Å². The summed E-state index contributed by atoms with van der Waals surface area (Å²) in [6.45, 7) is 3.60. The normalized spacial score (nSPS) is 10.1. The Morgan fingerprint density at radius 1 is 1.42 bits per heavy atom. The van der Waals surface area contributed by atoms with Gasteiger partial charge in [0.05, 0.1) is 18.6 Å². The number of halogens is 1. The number of nitrogen functional groups attached to an aromatic ring is 1. The number of ether oxygens (including phenoxy) is 1. The number of hydrogen-bond acceptors (Lipinski definition) is 4. The summed E-state index contributed by atoms with van der Waals surface area (Å²) in [7, 11) is 0. The van der Waals surface area contributed by atoms with Gasteiger partial charge in [0.15, 0.2) is 0 Å². The van der Waals surface area contributed by atoms with E-state index in [0.717, 1.165) is 0 Å². The fourth-order valence-corrected chi connectivity index (χ4v) is 1.57. The number of anilines is 1. The van der Waals surface area contributed by atoms with Crippen molar-refractivity contribution in [1.29, 1.82) is 0 Å². The smallest absolute Gasteiger partial charge is 0.307 e. The molecule has 0 atom stereocenters. The number of aryl methyl sites for hydroxylation is 1. The highest BCUT2D eigenvalue weighted by molar-refractivity contribution is 5.95. The molecule has 0 saturated heterocycles. The molecule has 0 fully saturated rings. The lowest BCUT2D eigenvalue weighted by atomic mass is 10.1. The standard InChI is InChI=1S/C13H17FN2O3/c1-3-19-11(17)4-5-16-13(18)10-7-9(15)6-8(2)12(10)14/h6-7H,3-5,15H2,1-2H3,(H,16,18). The van der Waals surface area contributed by atoms with Crippen LogP contribution in [-0.4, -0.2) is 25.0 Å². The average molecular weight is 268 g/mol. The third-order valence-corrected chi connectivity index (χ3v) is 2.44. The van der Waals surface area contributed by atoms with E-state index in [0.29, 0.717) is 11.3 Å². The van der Waals surface area contributed by atoms with Gasteiger partial charge in [0.1, 0.15) is 5.82 Å². The number of nitrogens with two attached hydrogens (primary N) is 1. The van der Waals surface area contributed by atoms with Gasteiger partial charge >= 0.3 is 5.97 Å². The van der Waals surface area contributed by atoms with Crippen LogP contribution in [0.4, 0.5) is 10.1 Å². The minimum Gasteiger partial charge on any atom is -0.466 e. The molecule has 5 nitrogen and oxygen atoms in total. The molecule has 1 aromatic rings. The van der Waals surface area contributed by atoms with Crippen molar-refractivity contribution in [2.24, 2.45) is 0 Å². The van der Waals surface area contributed by atoms with Gasteiger partial charge in [-0.2, -0.15) is 0 Å². The Labute approximate surface area is 110 Å². The second kappa shape index (κ2) is 6.72. The second-order valence-corrected chi connectivity index (χ2v) is 4.01. The summed E-state index contributed by atoms with van der Waals surface area (Å²) in [6.07, 6.45) is 0.0441. The highest BCUT2D eigenvalue weighted by Gasteiger charge is 2.14. The Bertz CT molecular complexity index is 489. The Kier molecular flexibility index (Phi) is 5.29. The van der Waals surface area contributed by atoms with Gasteiger partial charge in [-0.3, -0.25) is 9.59 Å². The Balaban J connectivity index is 2.62. The maximum absolute atomic E-state index is 13.7. The number of esters is 1. The fourth-order valence-electron chi connectivity index (χ4n) is 1.57. The maximum atomic E-state index is 13.7. The van der Waals surface area contributed by atoms with Crippen LogP contribution in [0.3, 0.4) is 0 Å². The first kappa shape index (κ1) is 14.9. The van der Waals surface area contributed by atoms with Crippen LogP contribution in [0.25, 0.3) is 0 Å². The minimum absolute atomic E-state index is 0.0441. The van der Waals surface area contributed by atoms with E-state index in [9.17, 15) is 14.0 Å². The molecule has 3 N–H and O–H groups in total. The van der Waals surface area contributed by atoms with Crippen molar-refractivity contribution in [3.8, 4) is 0 Å². The van der Waals surface area contributed by atoms with Crippen LogP contribution >= 0.6 is 0 Å². The Morgan fingerprint density at radius 2 is 2.11 bits per heavy atom. The average Bonchev–Trinajstić information content (AvgIpc) is 2.33. The van der Waals surface area contributed by atoms with Crippen molar-refractivity contribution in [2.75, 3.05) is 18.9 Å². The van der Waals surface area contributed by atoms with Crippen molar-refractivity contribution >= 4 is 17.6 Å². The summed E-state index contributed by atoms with van der Waals surface area (Å²) >= 11 is 0. The van der Waals surface area contributed by atoms with E-state index in [1.807, 2.05) is 0 Å². The molecule has 6 heteroatoms. The van der Waals surface area contributed by atoms with E-state index in [-0.39, 0.29) is 25.1 Å². The van der Waals surface area contributed by atoms with E-state index in [1.54, 1.807) is 6.92 Å². The Hall–Kier alpha value is -2.11. The first-order valence-electron chi connectivity index (χ1n) is 5.95. The molecular weight excluding hydrogens is 251 g/mol. The number of benzene rings is 1. The topological polar surface area (TPSA) is 81.4 Å². The molecule has 0 radical (unpaired) electrons. The van der Waals surface area contributed by atoms with E-state index < -0.39 is 17.7 Å². The number of hydrogen-bond donors (Lipinski definition) is 2. The molecule has 1 amide bonds. The van der Waals surface area contributed by atoms with Gasteiger partial charge in [0.25, 0.3) is 5.91 Å². The van der Waals surface area contributed by atoms with Crippen molar-refractivity contribution in [3.05, 3.63) is 29.1 Å². The van der Waals surface area contributed by atoms with Gasteiger partial charge in [-0.05, 0) is 31.5 Å². The van der Waals surface area contributed by atoms with Gasteiger partial charge in [-0.25, -0.2) is 4.39 Å². The molecule has 1 aromatic carbocycles. The summed E-state index contributed by atoms with van der Waals surface area (Å²) in [5, 5.41) is 2.45. The van der Waals surface area contributed by atoms with Gasteiger partial charge in [-0.1, -0.05) is 0 Å². The van der Waals surface area contributed by atoms with Gasteiger partial charge < -0.3 is 15.8 Å². The van der Waals surface area contributed by atoms with E-state index in [2.05, 4.69) is 5.32 Å². The summed E-state index contributed by atoms with van der Waals surface area (Å²) in [6, 6.07) is 2.72. The van der Waals surface area contributed by atoms with Crippen molar-refractivity contribution < 1.29 is 18.7 Å². The summed E-state index contributed by atoms with van der Waals surface area (Å²) in [4.78, 5) is 22.8. The molecule has 0 aliphatic rings. The maximum Gasteiger partial charge on any atom is 0.307 e. The largest absolute Gasteiger partial charge is 0.466 e. The van der Waals surface area contributed by atoms with E-state index in [4.69, 9.17) is 10.5 Å². The highest BCUT2D eigenvalue weighted by atomic mass is 19.1. The molecule has 0 unspecified atom stereocenters. The minimum atomic E-state index is -0.608. The lowest BCUT2D eigenvalue weighted by Crippen LogP contribution is -2.27. The molecule has 1 rings (SSSR count). The van der Waals surface area contributed by atoms with Gasteiger partial charge in [0.2, 0.25) is 0 Å². The molecular formula is C13H17FN2O3. The van der Waals surface area contributed by atoms with Crippen LogP contribution < -0.4 is 11.1 Å². The second-order valence-electron chi connectivity index (χ2n) is 4.01. The predicted molar refractivity (Wildman–Crippen MR) is 69.1 cm³/mol. The summed E-state index contributed by atoms with van der Waals surface area (Å²) in [5.74, 6) is -1.62. The van der Waals surface area contributed by atoms with Crippen LogP contribution in [0.2, 0.25) is 0 Å². The zero-order valence-corrected chi connectivity index (χ0v) is 11.0. The number of nitrogens with one attached hydrogen (secondary N) is 1. The quantitative estimate of drug-likeness (QED) is 0.624. The van der Waals surface area contributed by atoms with Gasteiger partial charge in [-0.15, -0.1) is 0 Å². The molecule has 0 aliphatic carbocycles. The van der Waals surface area contributed by atoms with Crippen LogP contribution in [0.1, 0.15) is 29.3 Å². The molecule has 0 aromatic heterocycles. The SMILES string of the molecule is CCOC(=O)CCNC(=O)c1cc(N)cc(C)c1F. The van der Waals surface area contributed by atoms with Crippen LogP contribution in [0.15, 0.2) is 12.1 Å². The fraction of sp³-hybridized carbons (Fsp3) is 0.385. The van der Waals surface area contributed by atoms with Crippen LogP contribution in [0.5, 0.6) is 0 Å². The number of amides is 1. The van der Waals surface area contributed by atoms with Gasteiger partial charge in [0, 0.05) is 12.2 Å². The summed E-state index contributed by atoms with van der Waals surface area (Å²) < 4.78 is 18.4. The third kappa shape index (κ3) is 4.24. The lowest BCUT2D eigenvalue weighted by Gasteiger charge is -2.08. The molecule has 0 aliphatic heterocycles. The monoisotopic (exact) mass is 268 g/mol. The predicted octanol–water partition coefficient (Wildman–Crippen LogP) is 1.40. The molecule has 104 valence electrons. The van der Waals surface area contributed by atoms with Crippen molar-refractivity contribution in [2.45, 2.75) is 20.3 Å². The number of carbonyl (C=O) groups is 2. The Morgan fingerprint density at radius 3 is 2.74 bits per heavy atom. The third-order valence-electron chi connectivity index (χ3n) is 2.44. The highest BCUT2D eigenvalue weighted by Crippen LogP contribution is 2.16. The molecule has 0 saturated carbocycles. The number of rotatable bonds is 5.